The molecule has 1 N–H and O–H groups in total. The van der Waals surface area contributed by atoms with Crippen molar-refractivity contribution in [1.29, 1.82) is 0 Å². The normalized spacial score (nSPS) is 11.4. The van der Waals surface area contributed by atoms with Crippen molar-refractivity contribution in [1.82, 2.24) is 5.32 Å². The highest BCUT2D eigenvalue weighted by atomic mass is 16.5. The average molecular weight is 391 g/mol. The zero-order valence-corrected chi connectivity index (χ0v) is 16.8. The summed E-state index contributed by atoms with van der Waals surface area (Å²) in [4.78, 5) is 12.9. The van der Waals surface area contributed by atoms with Crippen LogP contribution in [0.2, 0.25) is 0 Å². The van der Waals surface area contributed by atoms with Gasteiger partial charge in [-0.25, -0.2) is 0 Å². The molecule has 5 heteroatoms. The van der Waals surface area contributed by atoms with Gasteiger partial charge in [0.1, 0.15) is 17.2 Å². The Bertz CT molecular complexity index is 919. The molecule has 0 aliphatic heterocycles. The topological polar surface area (TPSA) is 56.8 Å². The van der Waals surface area contributed by atoms with Gasteiger partial charge in [-0.1, -0.05) is 24.3 Å². The molecule has 0 aromatic heterocycles. The Morgan fingerprint density at radius 2 is 1.21 bits per heavy atom. The second-order valence-electron chi connectivity index (χ2n) is 6.41. The summed E-state index contributed by atoms with van der Waals surface area (Å²) in [7, 11) is 3.23. The van der Waals surface area contributed by atoms with Gasteiger partial charge >= 0.3 is 0 Å². The summed E-state index contributed by atoms with van der Waals surface area (Å²) in [6, 6.07) is 22.2. The summed E-state index contributed by atoms with van der Waals surface area (Å²) < 4.78 is 16.0. The van der Waals surface area contributed by atoms with Gasteiger partial charge in [0.15, 0.2) is 0 Å². The molecular weight excluding hydrogens is 366 g/mol. The Balaban J connectivity index is 1.89. The number of amides is 1. The van der Waals surface area contributed by atoms with Crippen LogP contribution in [-0.2, 0) is 0 Å². The van der Waals surface area contributed by atoms with Crippen LogP contribution in [0, 0.1) is 0 Å². The molecule has 29 heavy (non-hydrogen) atoms. The highest BCUT2D eigenvalue weighted by Gasteiger charge is 2.18. The molecule has 0 aliphatic carbocycles. The van der Waals surface area contributed by atoms with Crippen LogP contribution in [0.25, 0.3) is 0 Å². The number of carbonyl (C=O) groups is 1. The van der Waals surface area contributed by atoms with Gasteiger partial charge in [-0.3, -0.25) is 4.79 Å². The molecule has 3 aromatic rings. The minimum absolute atomic E-state index is 0.164. The molecule has 5 nitrogen and oxygen atoms in total. The van der Waals surface area contributed by atoms with Gasteiger partial charge in [-0.2, -0.15) is 0 Å². The summed E-state index contributed by atoms with van der Waals surface area (Å²) in [5.41, 5.74) is 2.48. The maximum Gasteiger partial charge on any atom is 0.252 e. The van der Waals surface area contributed by atoms with E-state index in [2.05, 4.69) is 5.32 Å². The van der Waals surface area contributed by atoms with Crippen LogP contribution in [0.3, 0.4) is 0 Å². The van der Waals surface area contributed by atoms with E-state index in [4.69, 9.17) is 14.2 Å². The molecule has 0 radical (unpaired) electrons. The Hall–Kier alpha value is -3.47. The summed E-state index contributed by atoms with van der Waals surface area (Å²) in [6.07, 6.45) is 0. The van der Waals surface area contributed by atoms with Gasteiger partial charge in [-0.05, 0) is 66.6 Å². The lowest BCUT2D eigenvalue weighted by molar-refractivity contribution is 0.0943. The fraction of sp³-hybridized carbons (Fsp3) is 0.208. The highest BCUT2D eigenvalue weighted by Crippen LogP contribution is 2.26. The molecule has 0 heterocycles. The molecule has 0 aliphatic rings. The van der Waals surface area contributed by atoms with E-state index in [0.29, 0.717) is 17.9 Å². The minimum atomic E-state index is -0.314. The maximum absolute atomic E-state index is 12.9. The van der Waals surface area contributed by atoms with Crippen molar-refractivity contribution in [2.45, 2.75) is 13.0 Å². The average Bonchev–Trinajstić information content (AvgIpc) is 2.78. The van der Waals surface area contributed by atoms with Crippen LogP contribution < -0.4 is 19.5 Å². The molecule has 0 fully saturated rings. The van der Waals surface area contributed by atoms with Gasteiger partial charge < -0.3 is 19.5 Å². The molecule has 150 valence electrons. The summed E-state index contributed by atoms with van der Waals surface area (Å²) in [5.74, 6) is 2.11. The molecule has 0 bridgehead atoms. The molecule has 1 unspecified atom stereocenters. The number of nitrogens with one attached hydrogen (secondary N) is 1. The van der Waals surface area contributed by atoms with Gasteiger partial charge in [-0.15, -0.1) is 0 Å². The van der Waals surface area contributed by atoms with Gasteiger partial charge in [0.05, 0.1) is 26.9 Å². The van der Waals surface area contributed by atoms with E-state index in [1.807, 2.05) is 55.5 Å². The molecule has 0 spiro atoms. The number of rotatable bonds is 8. The lowest BCUT2D eigenvalue weighted by Gasteiger charge is -2.21. The lowest BCUT2D eigenvalue weighted by Crippen LogP contribution is -2.29. The van der Waals surface area contributed by atoms with Crippen molar-refractivity contribution in [2.75, 3.05) is 20.8 Å². The molecule has 1 atom stereocenters. The number of methoxy groups -OCH3 is 2. The third-order valence-electron chi connectivity index (χ3n) is 4.60. The van der Waals surface area contributed by atoms with Gasteiger partial charge in [0.2, 0.25) is 0 Å². The molecule has 3 aromatic carbocycles. The van der Waals surface area contributed by atoms with E-state index in [-0.39, 0.29) is 11.9 Å². The molecule has 3 rings (SSSR count). The van der Waals surface area contributed by atoms with Gasteiger partial charge in [0.25, 0.3) is 5.91 Å². The van der Waals surface area contributed by atoms with E-state index in [1.165, 1.54) is 0 Å². The number of carbonyl (C=O) groups excluding carboxylic acids is 1. The van der Waals surface area contributed by atoms with Crippen molar-refractivity contribution in [3.05, 3.63) is 89.5 Å². The summed E-state index contributed by atoms with van der Waals surface area (Å²) in [5, 5.41) is 3.13. The first kappa shape index (κ1) is 20.3. The monoisotopic (exact) mass is 391 g/mol. The summed E-state index contributed by atoms with van der Waals surface area (Å²) >= 11 is 0. The van der Waals surface area contributed by atoms with Crippen LogP contribution in [0.1, 0.15) is 34.5 Å². The highest BCUT2D eigenvalue weighted by molar-refractivity contribution is 5.94. The number of benzene rings is 3. The van der Waals surface area contributed by atoms with E-state index >= 15 is 0 Å². The number of hydrogen-bond donors (Lipinski definition) is 1. The Labute approximate surface area is 171 Å². The van der Waals surface area contributed by atoms with E-state index in [9.17, 15) is 4.79 Å². The predicted molar refractivity (Wildman–Crippen MR) is 113 cm³/mol. The first-order chi connectivity index (χ1) is 14.1. The van der Waals surface area contributed by atoms with E-state index < -0.39 is 0 Å². The zero-order chi connectivity index (χ0) is 20.6. The van der Waals surface area contributed by atoms with Crippen LogP contribution >= 0.6 is 0 Å². The van der Waals surface area contributed by atoms with Crippen molar-refractivity contribution in [3.63, 3.8) is 0 Å². The molecule has 0 saturated carbocycles. The van der Waals surface area contributed by atoms with E-state index in [1.54, 1.807) is 38.5 Å². The Morgan fingerprint density at radius 3 is 1.66 bits per heavy atom. The third-order valence-corrected chi connectivity index (χ3v) is 4.60. The quantitative estimate of drug-likeness (QED) is 0.609. The third kappa shape index (κ3) is 5.08. The van der Waals surface area contributed by atoms with Crippen LogP contribution in [0.5, 0.6) is 17.2 Å². The second-order valence-corrected chi connectivity index (χ2v) is 6.41. The first-order valence-corrected chi connectivity index (χ1v) is 9.46. The Kier molecular flexibility index (Phi) is 6.74. The predicted octanol–water partition coefficient (Wildman–Crippen LogP) is 4.62. The van der Waals surface area contributed by atoms with Crippen LogP contribution in [0.4, 0.5) is 0 Å². The number of hydrogen-bond acceptors (Lipinski definition) is 4. The fourth-order valence-electron chi connectivity index (χ4n) is 3.04. The lowest BCUT2D eigenvalue weighted by atomic mass is 9.98. The smallest absolute Gasteiger partial charge is 0.252 e. The molecule has 1 amide bonds. The second kappa shape index (κ2) is 9.64. The molecule has 0 saturated heterocycles. The van der Waals surface area contributed by atoms with Crippen molar-refractivity contribution >= 4 is 5.91 Å². The summed E-state index contributed by atoms with van der Waals surface area (Å²) in [6.45, 7) is 2.55. The van der Waals surface area contributed by atoms with Crippen molar-refractivity contribution < 1.29 is 19.0 Å². The largest absolute Gasteiger partial charge is 0.497 e. The SMILES string of the molecule is CCOc1ccc(C(NC(=O)c2ccc(OC)cc2)c2ccc(OC)cc2)cc1. The fourth-order valence-corrected chi connectivity index (χ4v) is 3.04. The minimum Gasteiger partial charge on any atom is -0.497 e. The van der Waals surface area contributed by atoms with Crippen LogP contribution in [-0.4, -0.2) is 26.7 Å². The standard InChI is InChI=1S/C24H25NO4/c1-4-29-22-15-7-18(8-16-22)23(17-5-11-20(27-2)12-6-17)25-24(26)19-9-13-21(28-3)14-10-19/h5-16,23H,4H2,1-3H3,(H,25,26). The molecular formula is C24H25NO4. The van der Waals surface area contributed by atoms with E-state index in [0.717, 1.165) is 22.6 Å². The maximum atomic E-state index is 12.9. The van der Waals surface area contributed by atoms with Crippen molar-refractivity contribution in [2.24, 2.45) is 0 Å². The number of ether oxygens (including phenoxy) is 3. The zero-order valence-electron chi connectivity index (χ0n) is 16.8. The Morgan fingerprint density at radius 1 is 0.759 bits per heavy atom. The van der Waals surface area contributed by atoms with Gasteiger partial charge in [0, 0.05) is 5.56 Å². The first-order valence-electron chi connectivity index (χ1n) is 9.46. The van der Waals surface area contributed by atoms with Crippen LogP contribution in [0.15, 0.2) is 72.8 Å². The van der Waals surface area contributed by atoms with Crippen molar-refractivity contribution in [3.8, 4) is 17.2 Å².